The van der Waals surface area contributed by atoms with Crippen molar-refractivity contribution in [3.63, 3.8) is 0 Å². The Morgan fingerprint density at radius 3 is 2.40 bits per heavy atom. The summed E-state index contributed by atoms with van der Waals surface area (Å²) >= 11 is 1.58. The average molecular weight is 375 g/mol. The summed E-state index contributed by atoms with van der Waals surface area (Å²) in [6, 6.07) is 18.7. The minimum atomic E-state index is -0.0684. The number of hydrogen-bond donors (Lipinski definition) is 1. The summed E-state index contributed by atoms with van der Waals surface area (Å²) < 4.78 is 5.74. The lowest BCUT2D eigenvalue weighted by atomic mass is 9.94. The Bertz CT molecular complexity index is 743. The first-order valence-electron chi connectivity index (χ1n) is 8.03. The predicted octanol–water partition coefficient (Wildman–Crippen LogP) is 5.17. The van der Waals surface area contributed by atoms with Gasteiger partial charge in [-0.25, -0.2) is 4.98 Å². The molecule has 1 heterocycles. The molecule has 3 rings (SSSR count). The fourth-order valence-corrected chi connectivity index (χ4v) is 2.99. The summed E-state index contributed by atoms with van der Waals surface area (Å²) in [6.07, 6.45) is 0. The Kier molecular flexibility index (Phi) is 7.00. The first-order chi connectivity index (χ1) is 11.6. The van der Waals surface area contributed by atoms with Crippen LogP contribution in [0.2, 0.25) is 0 Å². The number of benzene rings is 2. The van der Waals surface area contributed by atoms with Crippen LogP contribution in [0, 0.1) is 0 Å². The zero-order valence-electron chi connectivity index (χ0n) is 14.4. The number of rotatable bonds is 7. The second kappa shape index (κ2) is 8.99. The number of nitrogens with zero attached hydrogens (tertiary/aromatic N) is 1. The predicted molar refractivity (Wildman–Crippen MR) is 106 cm³/mol. The van der Waals surface area contributed by atoms with Gasteiger partial charge in [0.15, 0.2) is 0 Å². The van der Waals surface area contributed by atoms with Crippen LogP contribution in [0.25, 0.3) is 0 Å². The van der Waals surface area contributed by atoms with Crippen molar-refractivity contribution in [3.05, 3.63) is 82.3 Å². The molecule has 0 amide bonds. The number of nitrogens with one attached hydrogen (secondary N) is 1. The Labute approximate surface area is 159 Å². The third kappa shape index (κ3) is 5.56. The fourth-order valence-electron chi connectivity index (χ4n) is 2.45. The highest BCUT2D eigenvalue weighted by atomic mass is 35.5. The first kappa shape index (κ1) is 19.4. The second-order valence-corrected chi connectivity index (χ2v) is 6.98. The molecule has 3 aromatic rings. The van der Waals surface area contributed by atoms with E-state index in [1.807, 2.05) is 29.1 Å². The maximum absolute atomic E-state index is 5.74. The molecular formula is C20H23ClN2OS. The lowest BCUT2D eigenvalue weighted by Crippen LogP contribution is -2.35. The molecule has 0 saturated carbocycles. The molecule has 5 heteroatoms. The fraction of sp³-hybridized carbons (Fsp3) is 0.250. The number of thiazole rings is 1. The zero-order chi connectivity index (χ0) is 16.8. The Morgan fingerprint density at radius 2 is 1.76 bits per heavy atom. The summed E-state index contributed by atoms with van der Waals surface area (Å²) in [5.74, 6) is 0.870. The van der Waals surface area contributed by atoms with Crippen molar-refractivity contribution in [2.75, 3.05) is 0 Å². The molecule has 0 aliphatic carbocycles. The Hall–Kier alpha value is -1.88. The molecule has 1 N–H and O–H groups in total. The van der Waals surface area contributed by atoms with Gasteiger partial charge in [-0.15, -0.1) is 23.7 Å². The smallest absolute Gasteiger partial charge is 0.131 e. The normalized spacial score (nSPS) is 11.0. The van der Waals surface area contributed by atoms with Gasteiger partial charge in [-0.05, 0) is 37.1 Å². The Balaban J connectivity index is 0.00000225. The van der Waals surface area contributed by atoms with Crippen molar-refractivity contribution in [3.8, 4) is 5.75 Å². The third-order valence-corrected chi connectivity index (χ3v) is 4.66. The van der Waals surface area contributed by atoms with Gasteiger partial charge in [-0.3, -0.25) is 0 Å². The third-order valence-electron chi connectivity index (χ3n) is 4.02. The van der Waals surface area contributed by atoms with Crippen molar-refractivity contribution in [1.29, 1.82) is 0 Å². The molecule has 0 unspecified atom stereocenters. The van der Waals surface area contributed by atoms with Gasteiger partial charge in [0, 0.05) is 17.5 Å². The standard InChI is InChI=1S/C20H22N2OS.ClH/c1-20(2,17-6-4-3-5-7-17)22-12-16-8-10-19(11-9-16)23-13-18-14-24-15-21-18;/h3-11,14-15,22H,12-13H2,1-2H3;1H. The summed E-state index contributed by atoms with van der Waals surface area (Å²) in [7, 11) is 0. The van der Waals surface area contributed by atoms with Gasteiger partial charge in [-0.2, -0.15) is 0 Å². The molecule has 1 aromatic heterocycles. The number of ether oxygens (including phenoxy) is 1. The molecule has 0 radical (unpaired) electrons. The van der Waals surface area contributed by atoms with Crippen LogP contribution in [0.15, 0.2) is 65.5 Å². The molecule has 0 bridgehead atoms. The van der Waals surface area contributed by atoms with E-state index in [-0.39, 0.29) is 17.9 Å². The monoisotopic (exact) mass is 374 g/mol. The van der Waals surface area contributed by atoms with E-state index in [0.717, 1.165) is 18.0 Å². The van der Waals surface area contributed by atoms with Crippen molar-refractivity contribution >= 4 is 23.7 Å². The average Bonchev–Trinajstić information content (AvgIpc) is 3.13. The van der Waals surface area contributed by atoms with Crippen molar-refractivity contribution < 1.29 is 4.74 Å². The lowest BCUT2D eigenvalue weighted by Gasteiger charge is -2.27. The van der Waals surface area contributed by atoms with E-state index in [9.17, 15) is 0 Å². The Morgan fingerprint density at radius 1 is 1.04 bits per heavy atom. The summed E-state index contributed by atoms with van der Waals surface area (Å²) in [4.78, 5) is 4.22. The van der Waals surface area contributed by atoms with Crippen molar-refractivity contribution in [1.82, 2.24) is 10.3 Å². The molecule has 0 aliphatic rings. The van der Waals surface area contributed by atoms with Crippen LogP contribution in [0.1, 0.15) is 30.7 Å². The van der Waals surface area contributed by atoms with E-state index in [1.165, 1.54) is 11.1 Å². The molecule has 132 valence electrons. The van der Waals surface area contributed by atoms with Crippen LogP contribution in [0.3, 0.4) is 0 Å². The topological polar surface area (TPSA) is 34.1 Å². The quantitative estimate of drug-likeness (QED) is 0.619. The van der Waals surface area contributed by atoms with E-state index >= 15 is 0 Å². The van der Waals surface area contributed by atoms with Crippen LogP contribution in [-0.2, 0) is 18.7 Å². The molecule has 0 saturated heterocycles. The molecule has 0 atom stereocenters. The largest absolute Gasteiger partial charge is 0.487 e. The van der Waals surface area contributed by atoms with Crippen molar-refractivity contribution in [2.45, 2.75) is 32.5 Å². The summed E-state index contributed by atoms with van der Waals surface area (Å²) in [5.41, 5.74) is 5.24. The molecular weight excluding hydrogens is 352 g/mol. The van der Waals surface area contributed by atoms with Crippen molar-refractivity contribution in [2.24, 2.45) is 0 Å². The molecule has 2 aromatic carbocycles. The van der Waals surface area contributed by atoms with Gasteiger partial charge in [0.1, 0.15) is 12.4 Å². The molecule has 0 fully saturated rings. The van der Waals surface area contributed by atoms with Crippen LogP contribution in [-0.4, -0.2) is 4.98 Å². The van der Waals surface area contributed by atoms with E-state index in [0.29, 0.717) is 6.61 Å². The number of hydrogen-bond acceptors (Lipinski definition) is 4. The van der Waals surface area contributed by atoms with E-state index in [4.69, 9.17) is 4.74 Å². The highest BCUT2D eigenvalue weighted by molar-refractivity contribution is 7.07. The van der Waals surface area contributed by atoms with Gasteiger partial charge in [0.05, 0.1) is 11.2 Å². The second-order valence-electron chi connectivity index (χ2n) is 6.26. The van der Waals surface area contributed by atoms with E-state index in [2.05, 4.69) is 60.5 Å². The molecule has 0 aliphatic heterocycles. The molecule has 0 spiro atoms. The van der Waals surface area contributed by atoms with Gasteiger partial charge < -0.3 is 10.1 Å². The van der Waals surface area contributed by atoms with Gasteiger partial charge in [-0.1, -0.05) is 42.5 Å². The maximum Gasteiger partial charge on any atom is 0.131 e. The number of aromatic nitrogens is 1. The van der Waals surface area contributed by atoms with E-state index in [1.54, 1.807) is 11.3 Å². The van der Waals surface area contributed by atoms with E-state index < -0.39 is 0 Å². The van der Waals surface area contributed by atoms with Crippen LogP contribution in [0.4, 0.5) is 0 Å². The van der Waals surface area contributed by atoms with Gasteiger partial charge >= 0.3 is 0 Å². The SMILES string of the molecule is CC(C)(NCc1ccc(OCc2cscn2)cc1)c1ccccc1.Cl. The van der Waals surface area contributed by atoms with Gasteiger partial charge in [0.2, 0.25) is 0 Å². The summed E-state index contributed by atoms with van der Waals surface area (Å²) in [6.45, 7) is 5.73. The van der Waals surface area contributed by atoms with Crippen LogP contribution >= 0.6 is 23.7 Å². The van der Waals surface area contributed by atoms with Crippen LogP contribution in [0.5, 0.6) is 5.75 Å². The molecule has 3 nitrogen and oxygen atoms in total. The molecule has 25 heavy (non-hydrogen) atoms. The number of halogens is 1. The van der Waals surface area contributed by atoms with Gasteiger partial charge in [0.25, 0.3) is 0 Å². The maximum atomic E-state index is 5.74. The lowest BCUT2D eigenvalue weighted by molar-refractivity contribution is 0.302. The zero-order valence-corrected chi connectivity index (χ0v) is 16.1. The highest BCUT2D eigenvalue weighted by Crippen LogP contribution is 2.21. The highest BCUT2D eigenvalue weighted by Gasteiger charge is 2.18. The van der Waals surface area contributed by atoms with Crippen LogP contribution < -0.4 is 10.1 Å². The minimum Gasteiger partial charge on any atom is -0.487 e. The first-order valence-corrected chi connectivity index (χ1v) is 8.97. The summed E-state index contributed by atoms with van der Waals surface area (Å²) in [5, 5.41) is 5.62. The minimum absolute atomic E-state index is 0.